The van der Waals surface area contributed by atoms with Gasteiger partial charge >= 0.3 is 5.97 Å². The van der Waals surface area contributed by atoms with Crippen LogP contribution < -0.4 is 0 Å². The Hall–Kier alpha value is -0.530. The molecule has 0 aromatic carbocycles. The summed E-state index contributed by atoms with van der Waals surface area (Å²) < 4.78 is 5.58. The van der Waals surface area contributed by atoms with E-state index in [1.165, 1.54) is 32.6 Å². The second kappa shape index (κ2) is 3.80. The molecule has 0 aromatic rings. The fraction of sp³-hybridized carbons (Fsp3) is 0.923. The van der Waals surface area contributed by atoms with Crippen molar-refractivity contribution in [2.24, 2.45) is 17.8 Å². The number of carbonyl (C=O) groups is 1. The van der Waals surface area contributed by atoms with E-state index in [2.05, 4.69) is 13.8 Å². The average molecular weight is 210 g/mol. The molecule has 4 atom stereocenters. The molecule has 0 aliphatic heterocycles. The summed E-state index contributed by atoms with van der Waals surface area (Å²) in [5.74, 6) is 2.23. The lowest BCUT2D eigenvalue weighted by Gasteiger charge is -2.38. The molecule has 0 N–H and O–H groups in total. The van der Waals surface area contributed by atoms with Gasteiger partial charge in [0, 0.05) is 12.8 Å². The van der Waals surface area contributed by atoms with Crippen LogP contribution in [0.2, 0.25) is 0 Å². The lowest BCUT2D eigenvalue weighted by atomic mass is 9.75. The number of hydrogen-bond donors (Lipinski definition) is 0. The molecule has 2 bridgehead atoms. The van der Waals surface area contributed by atoms with Crippen molar-refractivity contribution < 1.29 is 9.53 Å². The molecular formula is C13H22O2. The summed E-state index contributed by atoms with van der Waals surface area (Å²) in [4.78, 5) is 11.2. The van der Waals surface area contributed by atoms with Crippen LogP contribution in [0.3, 0.4) is 0 Å². The van der Waals surface area contributed by atoms with Crippen LogP contribution in [0.15, 0.2) is 0 Å². The zero-order valence-electron chi connectivity index (χ0n) is 10.1. The van der Waals surface area contributed by atoms with Gasteiger partial charge in [0.2, 0.25) is 0 Å². The maximum atomic E-state index is 11.2. The summed E-state index contributed by atoms with van der Waals surface area (Å²) in [6.45, 7) is 5.79. The predicted molar refractivity (Wildman–Crippen MR) is 59.4 cm³/mol. The zero-order valence-corrected chi connectivity index (χ0v) is 10.1. The van der Waals surface area contributed by atoms with Crippen LogP contribution in [0.5, 0.6) is 0 Å². The standard InChI is InChI=1S/C13H22O2/c1-4-13(3,15-9(2)14)12-8-10-5-6-11(12)7-10/h10-12H,4-8H2,1-3H3. The van der Waals surface area contributed by atoms with Gasteiger partial charge in [0.1, 0.15) is 5.60 Å². The highest BCUT2D eigenvalue weighted by molar-refractivity contribution is 5.66. The first-order valence-corrected chi connectivity index (χ1v) is 6.24. The molecule has 2 aliphatic rings. The van der Waals surface area contributed by atoms with E-state index < -0.39 is 0 Å². The average Bonchev–Trinajstić information content (AvgIpc) is 2.77. The molecule has 0 heterocycles. The van der Waals surface area contributed by atoms with Crippen molar-refractivity contribution in [3.05, 3.63) is 0 Å². The SMILES string of the molecule is CCC(C)(OC(C)=O)C1CC2CCC1C2. The van der Waals surface area contributed by atoms with Crippen molar-refractivity contribution in [1.29, 1.82) is 0 Å². The number of hydrogen-bond acceptors (Lipinski definition) is 2. The molecule has 0 amide bonds. The Morgan fingerprint density at radius 3 is 2.53 bits per heavy atom. The molecule has 2 saturated carbocycles. The van der Waals surface area contributed by atoms with Gasteiger partial charge in [-0.05, 0) is 44.4 Å². The minimum Gasteiger partial charge on any atom is -0.459 e. The van der Waals surface area contributed by atoms with E-state index in [4.69, 9.17) is 4.74 Å². The molecular weight excluding hydrogens is 188 g/mol. The monoisotopic (exact) mass is 210 g/mol. The zero-order chi connectivity index (χ0) is 11.1. The molecule has 2 aliphatic carbocycles. The van der Waals surface area contributed by atoms with Crippen LogP contribution in [0.4, 0.5) is 0 Å². The van der Waals surface area contributed by atoms with Crippen molar-refractivity contribution in [1.82, 2.24) is 0 Å². The van der Waals surface area contributed by atoms with Gasteiger partial charge in [0.25, 0.3) is 0 Å². The highest BCUT2D eigenvalue weighted by Crippen LogP contribution is 2.53. The predicted octanol–water partition coefficient (Wildman–Crippen LogP) is 3.15. The van der Waals surface area contributed by atoms with Crippen LogP contribution in [-0.4, -0.2) is 11.6 Å². The molecule has 2 fully saturated rings. The van der Waals surface area contributed by atoms with Crippen molar-refractivity contribution in [3.63, 3.8) is 0 Å². The first kappa shape index (κ1) is 11.0. The topological polar surface area (TPSA) is 26.3 Å². The first-order valence-electron chi connectivity index (χ1n) is 6.24. The van der Waals surface area contributed by atoms with E-state index in [1.807, 2.05) is 0 Å². The van der Waals surface area contributed by atoms with Crippen molar-refractivity contribution in [3.8, 4) is 0 Å². The van der Waals surface area contributed by atoms with Gasteiger partial charge in [-0.25, -0.2) is 0 Å². The third-order valence-electron chi connectivity index (χ3n) is 4.60. The normalized spacial score (nSPS) is 37.7. The van der Waals surface area contributed by atoms with Crippen LogP contribution in [0.1, 0.15) is 52.9 Å². The highest BCUT2D eigenvalue weighted by Gasteiger charge is 2.49. The third-order valence-corrected chi connectivity index (χ3v) is 4.60. The van der Waals surface area contributed by atoms with Gasteiger partial charge in [-0.1, -0.05) is 13.3 Å². The Morgan fingerprint density at radius 2 is 2.13 bits per heavy atom. The van der Waals surface area contributed by atoms with E-state index in [0.717, 1.165) is 18.3 Å². The summed E-state index contributed by atoms with van der Waals surface area (Å²) in [6, 6.07) is 0. The van der Waals surface area contributed by atoms with E-state index in [-0.39, 0.29) is 11.6 Å². The van der Waals surface area contributed by atoms with Gasteiger partial charge in [0.05, 0.1) is 0 Å². The van der Waals surface area contributed by atoms with E-state index in [9.17, 15) is 4.79 Å². The lowest BCUT2D eigenvalue weighted by molar-refractivity contribution is -0.164. The Kier molecular flexibility index (Phi) is 2.78. The maximum absolute atomic E-state index is 11.2. The van der Waals surface area contributed by atoms with E-state index in [0.29, 0.717) is 5.92 Å². The molecule has 2 nitrogen and oxygen atoms in total. The lowest BCUT2D eigenvalue weighted by Crippen LogP contribution is -2.41. The summed E-state index contributed by atoms with van der Waals surface area (Å²) in [5.41, 5.74) is -0.203. The Balaban J connectivity index is 2.09. The van der Waals surface area contributed by atoms with Crippen LogP contribution in [-0.2, 0) is 9.53 Å². The largest absolute Gasteiger partial charge is 0.459 e. The molecule has 0 spiro atoms. The molecule has 0 saturated heterocycles. The Bertz CT molecular complexity index is 261. The molecule has 0 aromatic heterocycles. The van der Waals surface area contributed by atoms with Crippen LogP contribution in [0.25, 0.3) is 0 Å². The number of rotatable bonds is 3. The second-order valence-electron chi connectivity index (χ2n) is 5.54. The Labute approximate surface area is 92.4 Å². The third kappa shape index (κ3) is 1.91. The first-order chi connectivity index (χ1) is 7.05. The maximum Gasteiger partial charge on any atom is 0.303 e. The highest BCUT2D eigenvalue weighted by atomic mass is 16.6. The van der Waals surface area contributed by atoms with Crippen molar-refractivity contribution >= 4 is 5.97 Å². The van der Waals surface area contributed by atoms with E-state index in [1.54, 1.807) is 0 Å². The van der Waals surface area contributed by atoms with E-state index >= 15 is 0 Å². The van der Waals surface area contributed by atoms with Crippen molar-refractivity contribution in [2.75, 3.05) is 0 Å². The fourth-order valence-corrected chi connectivity index (χ4v) is 3.73. The summed E-state index contributed by atoms with van der Waals surface area (Å²) in [5, 5.41) is 0. The molecule has 0 radical (unpaired) electrons. The second-order valence-corrected chi connectivity index (χ2v) is 5.54. The smallest absolute Gasteiger partial charge is 0.303 e. The van der Waals surface area contributed by atoms with Crippen LogP contribution >= 0.6 is 0 Å². The minimum atomic E-state index is -0.203. The molecule has 4 unspecified atom stereocenters. The number of esters is 1. The van der Waals surface area contributed by atoms with Gasteiger partial charge < -0.3 is 4.74 Å². The van der Waals surface area contributed by atoms with Gasteiger partial charge in [0.15, 0.2) is 0 Å². The summed E-state index contributed by atoms with van der Waals surface area (Å²) >= 11 is 0. The molecule has 15 heavy (non-hydrogen) atoms. The van der Waals surface area contributed by atoms with Crippen LogP contribution in [0, 0.1) is 17.8 Å². The minimum absolute atomic E-state index is 0.123. The Morgan fingerprint density at radius 1 is 1.40 bits per heavy atom. The molecule has 2 rings (SSSR count). The summed E-state index contributed by atoms with van der Waals surface area (Å²) in [7, 11) is 0. The number of ether oxygens (including phenoxy) is 1. The van der Waals surface area contributed by atoms with Gasteiger partial charge in [-0.3, -0.25) is 4.79 Å². The quantitative estimate of drug-likeness (QED) is 0.669. The number of carbonyl (C=O) groups excluding carboxylic acids is 1. The van der Waals surface area contributed by atoms with Gasteiger partial charge in [-0.15, -0.1) is 0 Å². The molecule has 2 heteroatoms. The van der Waals surface area contributed by atoms with Crippen molar-refractivity contribution in [2.45, 2.75) is 58.5 Å². The van der Waals surface area contributed by atoms with Gasteiger partial charge in [-0.2, -0.15) is 0 Å². The number of fused-ring (bicyclic) bond motifs is 2. The fourth-order valence-electron chi connectivity index (χ4n) is 3.73. The molecule has 86 valence electrons. The summed E-state index contributed by atoms with van der Waals surface area (Å²) in [6.07, 6.45) is 6.36.